The lowest BCUT2D eigenvalue weighted by Crippen LogP contribution is -2.06. The maximum Gasteiger partial charge on any atom is 0.308 e. The van der Waals surface area contributed by atoms with Gasteiger partial charge in [-0.2, -0.15) is 0 Å². The summed E-state index contributed by atoms with van der Waals surface area (Å²) in [5.74, 6) is 1.07. The van der Waals surface area contributed by atoms with E-state index < -0.39 is 5.97 Å². The van der Waals surface area contributed by atoms with Crippen molar-refractivity contribution < 1.29 is 14.3 Å². The van der Waals surface area contributed by atoms with E-state index in [1.54, 1.807) is 6.20 Å². The fraction of sp³-hybridized carbons (Fsp3) is 0.0370. The Bertz CT molecular complexity index is 1560. The van der Waals surface area contributed by atoms with Crippen LogP contribution < -0.4 is 4.74 Å². The summed E-state index contributed by atoms with van der Waals surface area (Å²) in [6.45, 7) is 1.39. The van der Waals surface area contributed by atoms with Crippen molar-refractivity contribution in [3.8, 4) is 11.4 Å². The van der Waals surface area contributed by atoms with E-state index in [2.05, 4.69) is 17.1 Å². The molecule has 0 spiro atoms. The SMILES string of the molecule is CC(=O)OC1=C(c2cnc3ccccc3c2)Oc2cc3ccccc3cc2-n2cccc21. The molecule has 0 saturated heterocycles. The second kappa shape index (κ2) is 7.10. The van der Waals surface area contributed by atoms with Crippen LogP contribution in [0.15, 0.2) is 91.3 Å². The van der Waals surface area contributed by atoms with Crippen molar-refractivity contribution in [3.63, 3.8) is 0 Å². The zero-order valence-corrected chi connectivity index (χ0v) is 17.3. The number of hydrogen-bond acceptors (Lipinski definition) is 4. The monoisotopic (exact) mass is 418 g/mol. The minimum atomic E-state index is -0.418. The molecule has 0 amide bonds. The zero-order valence-electron chi connectivity index (χ0n) is 17.3. The summed E-state index contributed by atoms with van der Waals surface area (Å²) in [4.78, 5) is 16.7. The van der Waals surface area contributed by atoms with Gasteiger partial charge in [0.05, 0.1) is 16.9 Å². The smallest absolute Gasteiger partial charge is 0.308 e. The first-order chi connectivity index (χ1) is 15.7. The van der Waals surface area contributed by atoms with Crippen molar-refractivity contribution in [2.24, 2.45) is 0 Å². The number of pyridine rings is 1. The van der Waals surface area contributed by atoms with Crippen molar-refractivity contribution >= 4 is 39.2 Å². The average molecular weight is 418 g/mol. The first-order valence-electron chi connectivity index (χ1n) is 10.3. The van der Waals surface area contributed by atoms with Crippen LogP contribution in [0.5, 0.6) is 5.75 Å². The van der Waals surface area contributed by atoms with Crippen molar-refractivity contribution in [3.05, 3.63) is 103 Å². The quantitative estimate of drug-likeness (QED) is 0.332. The second-order valence-electron chi connectivity index (χ2n) is 7.70. The summed E-state index contributed by atoms with van der Waals surface area (Å²) >= 11 is 0. The molecule has 0 fully saturated rings. The minimum Gasteiger partial charge on any atom is -0.450 e. The van der Waals surface area contributed by atoms with E-state index in [0.717, 1.165) is 38.6 Å². The first-order valence-corrected chi connectivity index (χ1v) is 10.3. The lowest BCUT2D eigenvalue weighted by molar-refractivity contribution is -0.134. The maximum absolute atomic E-state index is 12.1. The number of nitrogens with zero attached hydrogens (tertiary/aromatic N) is 2. The van der Waals surface area contributed by atoms with Crippen LogP contribution in [0.3, 0.4) is 0 Å². The number of carbonyl (C=O) groups excluding carboxylic acids is 1. The molecule has 0 aliphatic carbocycles. The van der Waals surface area contributed by atoms with Crippen molar-refractivity contribution in [2.45, 2.75) is 6.92 Å². The molecule has 0 radical (unpaired) electrons. The topological polar surface area (TPSA) is 53.4 Å². The predicted octanol–water partition coefficient (Wildman–Crippen LogP) is 5.96. The van der Waals surface area contributed by atoms with Crippen LogP contribution in [0, 0.1) is 0 Å². The van der Waals surface area contributed by atoms with E-state index in [1.807, 2.05) is 77.5 Å². The van der Waals surface area contributed by atoms with E-state index in [9.17, 15) is 4.79 Å². The van der Waals surface area contributed by atoms with Gasteiger partial charge in [-0.25, -0.2) is 0 Å². The van der Waals surface area contributed by atoms with Gasteiger partial charge < -0.3 is 14.0 Å². The molecule has 0 atom stereocenters. The summed E-state index contributed by atoms with van der Waals surface area (Å²) in [6.07, 6.45) is 3.69. The lowest BCUT2D eigenvalue weighted by Gasteiger charge is -2.14. The summed E-state index contributed by atoms with van der Waals surface area (Å²) < 4.78 is 14.2. The zero-order chi connectivity index (χ0) is 21.7. The third kappa shape index (κ3) is 2.94. The Hall–Kier alpha value is -4.38. The van der Waals surface area contributed by atoms with Gasteiger partial charge in [-0.15, -0.1) is 0 Å². The Kier molecular flexibility index (Phi) is 4.08. The van der Waals surface area contributed by atoms with E-state index in [1.165, 1.54) is 6.92 Å². The largest absolute Gasteiger partial charge is 0.450 e. The van der Waals surface area contributed by atoms with Crippen LogP contribution in [-0.4, -0.2) is 15.5 Å². The molecular formula is C27H18N2O3. The van der Waals surface area contributed by atoms with Crippen LogP contribution in [-0.2, 0) is 9.53 Å². The Morgan fingerprint density at radius 2 is 1.66 bits per heavy atom. The van der Waals surface area contributed by atoms with Crippen molar-refractivity contribution in [1.82, 2.24) is 9.55 Å². The van der Waals surface area contributed by atoms with E-state index in [-0.39, 0.29) is 0 Å². The van der Waals surface area contributed by atoms with Gasteiger partial charge in [-0.05, 0) is 47.2 Å². The highest BCUT2D eigenvalue weighted by Crippen LogP contribution is 2.40. The van der Waals surface area contributed by atoms with Crippen molar-refractivity contribution in [1.29, 1.82) is 0 Å². The van der Waals surface area contributed by atoms with Crippen molar-refractivity contribution in [2.75, 3.05) is 0 Å². The van der Waals surface area contributed by atoms with Crippen LogP contribution >= 0.6 is 0 Å². The number of aromatic nitrogens is 2. The van der Waals surface area contributed by atoms with Gasteiger partial charge in [0.25, 0.3) is 0 Å². The summed E-state index contributed by atoms with van der Waals surface area (Å²) in [7, 11) is 0. The van der Waals surface area contributed by atoms with Crippen LogP contribution in [0.2, 0.25) is 0 Å². The number of para-hydroxylation sites is 1. The fourth-order valence-corrected chi connectivity index (χ4v) is 4.15. The van der Waals surface area contributed by atoms with E-state index >= 15 is 0 Å². The third-order valence-electron chi connectivity index (χ3n) is 5.58. The molecule has 154 valence electrons. The van der Waals surface area contributed by atoms with Gasteiger partial charge in [0.1, 0.15) is 0 Å². The summed E-state index contributed by atoms with van der Waals surface area (Å²) in [6, 6.07) is 26.0. The average Bonchev–Trinajstić information content (AvgIpc) is 3.25. The molecule has 5 aromatic rings. The van der Waals surface area contributed by atoms with Gasteiger partial charge in [-0.3, -0.25) is 9.78 Å². The Labute approximate surface area is 184 Å². The number of hydrogen-bond donors (Lipinski definition) is 0. The van der Waals surface area contributed by atoms with Gasteiger partial charge in [0, 0.05) is 30.3 Å². The molecule has 1 aliphatic heterocycles. The number of esters is 1. The Morgan fingerprint density at radius 3 is 2.47 bits per heavy atom. The molecule has 0 saturated carbocycles. The molecule has 0 N–H and O–H groups in total. The lowest BCUT2D eigenvalue weighted by atomic mass is 10.1. The summed E-state index contributed by atoms with van der Waals surface area (Å²) in [5.41, 5.74) is 3.22. The molecule has 6 rings (SSSR count). The molecule has 2 aromatic heterocycles. The predicted molar refractivity (Wildman–Crippen MR) is 124 cm³/mol. The molecule has 3 aromatic carbocycles. The molecule has 0 bridgehead atoms. The van der Waals surface area contributed by atoms with E-state index in [0.29, 0.717) is 17.3 Å². The minimum absolute atomic E-state index is 0.361. The highest BCUT2D eigenvalue weighted by molar-refractivity contribution is 5.94. The molecule has 32 heavy (non-hydrogen) atoms. The summed E-state index contributed by atoms with van der Waals surface area (Å²) in [5, 5.41) is 3.13. The number of rotatable bonds is 2. The van der Waals surface area contributed by atoms with Gasteiger partial charge in [0.15, 0.2) is 17.3 Å². The fourth-order valence-electron chi connectivity index (χ4n) is 4.15. The number of benzene rings is 3. The molecule has 1 aliphatic rings. The molecular weight excluding hydrogens is 400 g/mol. The second-order valence-corrected chi connectivity index (χ2v) is 7.70. The highest BCUT2D eigenvalue weighted by Gasteiger charge is 2.27. The Balaban J connectivity index is 1.65. The van der Waals surface area contributed by atoms with Crippen LogP contribution in [0.25, 0.3) is 38.9 Å². The van der Waals surface area contributed by atoms with Gasteiger partial charge >= 0.3 is 5.97 Å². The number of ether oxygens (including phenoxy) is 2. The molecule has 5 nitrogen and oxygen atoms in total. The molecule has 5 heteroatoms. The number of fused-ring (bicyclic) bond motifs is 5. The van der Waals surface area contributed by atoms with E-state index in [4.69, 9.17) is 9.47 Å². The highest BCUT2D eigenvalue weighted by atomic mass is 16.6. The van der Waals surface area contributed by atoms with Gasteiger partial charge in [-0.1, -0.05) is 42.5 Å². The molecule has 0 unspecified atom stereocenters. The number of carbonyl (C=O) groups is 1. The standard InChI is InChI=1S/C27H18N2O3/c1-17(30)31-27-23-11-6-12-29(23)24-14-18-7-2-3-8-19(18)15-25(24)32-26(27)21-13-20-9-4-5-10-22(20)28-16-21/h2-16H,1H3. The van der Waals surface area contributed by atoms with Crippen LogP contribution in [0.4, 0.5) is 0 Å². The van der Waals surface area contributed by atoms with Crippen LogP contribution in [0.1, 0.15) is 18.2 Å². The maximum atomic E-state index is 12.1. The molecule has 3 heterocycles. The normalized spacial score (nSPS) is 12.8. The van der Waals surface area contributed by atoms with Gasteiger partial charge in [0.2, 0.25) is 0 Å². The third-order valence-corrected chi connectivity index (χ3v) is 5.58. The first kappa shape index (κ1) is 18.4. The Morgan fingerprint density at radius 1 is 0.906 bits per heavy atom.